The summed E-state index contributed by atoms with van der Waals surface area (Å²) in [7, 11) is 1.45. The van der Waals surface area contributed by atoms with Gasteiger partial charge in [0, 0.05) is 12.6 Å². The molecule has 1 saturated heterocycles. The number of carbonyl (C=O) groups excluding carboxylic acids is 1. The summed E-state index contributed by atoms with van der Waals surface area (Å²) in [6.45, 7) is 8.90. The highest BCUT2D eigenvalue weighted by molar-refractivity contribution is 5.85. The third-order valence-electron chi connectivity index (χ3n) is 3.89. The van der Waals surface area contributed by atoms with Crippen molar-refractivity contribution in [1.29, 1.82) is 0 Å². The highest BCUT2D eigenvalue weighted by Gasteiger charge is 2.32. The Balaban J connectivity index is 0.00000289. The minimum absolute atomic E-state index is 0. The van der Waals surface area contributed by atoms with Crippen molar-refractivity contribution in [3.05, 3.63) is 0 Å². The molecular formula is C13H27ClN2O2. The zero-order chi connectivity index (χ0) is 13.1. The lowest BCUT2D eigenvalue weighted by molar-refractivity contribution is -0.151. The number of likely N-dealkylation sites (tertiary alicyclic amines) is 1. The van der Waals surface area contributed by atoms with Crippen LogP contribution in [0, 0.1) is 11.3 Å². The Kier molecular flexibility index (Phi) is 7.18. The van der Waals surface area contributed by atoms with Crippen LogP contribution in [0.4, 0.5) is 0 Å². The normalized spacial score (nSPS) is 24.7. The van der Waals surface area contributed by atoms with Gasteiger partial charge in [-0.15, -0.1) is 12.4 Å². The van der Waals surface area contributed by atoms with Gasteiger partial charge in [-0.05, 0) is 52.6 Å². The van der Waals surface area contributed by atoms with Gasteiger partial charge in [-0.1, -0.05) is 0 Å². The van der Waals surface area contributed by atoms with E-state index in [2.05, 4.69) is 11.8 Å². The smallest absolute Gasteiger partial charge is 0.311 e. The van der Waals surface area contributed by atoms with E-state index < -0.39 is 5.41 Å². The van der Waals surface area contributed by atoms with E-state index in [9.17, 15) is 4.79 Å². The van der Waals surface area contributed by atoms with E-state index in [-0.39, 0.29) is 18.4 Å². The predicted octanol–water partition coefficient (Wildman–Crippen LogP) is 1.67. The van der Waals surface area contributed by atoms with Gasteiger partial charge in [0.1, 0.15) is 0 Å². The van der Waals surface area contributed by atoms with Crippen LogP contribution in [0.25, 0.3) is 0 Å². The zero-order valence-electron chi connectivity index (χ0n) is 11.9. The van der Waals surface area contributed by atoms with Crippen LogP contribution < -0.4 is 5.73 Å². The Morgan fingerprint density at radius 2 is 2.11 bits per heavy atom. The largest absolute Gasteiger partial charge is 0.469 e. The first-order valence-corrected chi connectivity index (χ1v) is 6.43. The lowest BCUT2D eigenvalue weighted by Crippen LogP contribution is -2.34. The van der Waals surface area contributed by atoms with E-state index in [4.69, 9.17) is 10.5 Å². The molecule has 0 spiro atoms. The second kappa shape index (κ2) is 7.31. The summed E-state index contributed by atoms with van der Waals surface area (Å²) in [5.41, 5.74) is 5.32. The Morgan fingerprint density at radius 3 is 2.56 bits per heavy atom. The number of ether oxygens (including phenoxy) is 1. The lowest BCUT2D eigenvalue weighted by Gasteiger charge is -2.27. The molecule has 0 radical (unpaired) electrons. The molecule has 0 bridgehead atoms. The first kappa shape index (κ1) is 17.7. The van der Waals surface area contributed by atoms with Gasteiger partial charge in [0.05, 0.1) is 12.5 Å². The molecule has 0 saturated carbocycles. The van der Waals surface area contributed by atoms with Crippen molar-refractivity contribution < 1.29 is 9.53 Å². The van der Waals surface area contributed by atoms with Crippen LogP contribution in [-0.2, 0) is 9.53 Å². The van der Waals surface area contributed by atoms with Gasteiger partial charge in [0.15, 0.2) is 0 Å². The highest BCUT2D eigenvalue weighted by Crippen LogP contribution is 2.27. The maximum Gasteiger partial charge on any atom is 0.311 e. The van der Waals surface area contributed by atoms with Crippen LogP contribution in [0.5, 0.6) is 0 Å². The quantitative estimate of drug-likeness (QED) is 0.777. The van der Waals surface area contributed by atoms with Gasteiger partial charge in [-0.2, -0.15) is 0 Å². The third kappa shape index (κ3) is 4.41. The molecule has 0 aromatic heterocycles. The molecule has 1 rings (SSSR count). The fourth-order valence-corrected chi connectivity index (χ4v) is 2.50. The number of methoxy groups -OCH3 is 1. The van der Waals surface area contributed by atoms with Crippen molar-refractivity contribution in [1.82, 2.24) is 4.90 Å². The van der Waals surface area contributed by atoms with E-state index in [1.807, 2.05) is 13.8 Å². The van der Waals surface area contributed by atoms with Gasteiger partial charge in [-0.3, -0.25) is 4.79 Å². The number of nitrogens with zero attached hydrogens (tertiary/aromatic N) is 1. The van der Waals surface area contributed by atoms with Crippen LogP contribution in [0.15, 0.2) is 0 Å². The van der Waals surface area contributed by atoms with Crippen LogP contribution in [0.3, 0.4) is 0 Å². The molecule has 18 heavy (non-hydrogen) atoms. The summed E-state index contributed by atoms with van der Waals surface area (Å²) in [4.78, 5) is 14.0. The van der Waals surface area contributed by atoms with Crippen molar-refractivity contribution in [2.45, 2.75) is 39.7 Å². The number of carbonyl (C=O) groups is 1. The maximum absolute atomic E-state index is 11.6. The third-order valence-corrected chi connectivity index (χ3v) is 3.89. The lowest BCUT2D eigenvalue weighted by atomic mass is 9.89. The van der Waals surface area contributed by atoms with Crippen LogP contribution in [0.2, 0.25) is 0 Å². The maximum atomic E-state index is 11.6. The molecule has 0 amide bonds. The van der Waals surface area contributed by atoms with Crippen molar-refractivity contribution >= 4 is 18.4 Å². The number of nitrogens with two attached hydrogens (primary N) is 1. The molecule has 0 aromatic rings. The minimum atomic E-state index is -0.394. The Labute approximate surface area is 117 Å². The molecule has 0 aromatic carbocycles. The summed E-state index contributed by atoms with van der Waals surface area (Å²) in [6.07, 6.45) is 2.01. The molecule has 0 aliphatic carbocycles. The van der Waals surface area contributed by atoms with Crippen LogP contribution >= 0.6 is 12.4 Å². The minimum Gasteiger partial charge on any atom is -0.469 e. The van der Waals surface area contributed by atoms with Gasteiger partial charge < -0.3 is 15.4 Å². The van der Waals surface area contributed by atoms with Gasteiger partial charge in [0.25, 0.3) is 0 Å². The van der Waals surface area contributed by atoms with Crippen LogP contribution in [-0.4, -0.2) is 43.7 Å². The zero-order valence-corrected chi connectivity index (χ0v) is 12.8. The van der Waals surface area contributed by atoms with E-state index >= 15 is 0 Å². The van der Waals surface area contributed by atoms with Crippen LogP contribution in [0.1, 0.15) is 33.6 Å². The standard InChI is InChI=1S/C13H26N2O2.ClH/c1-10-7-11(8-14)9-15(10)6-5-13(2,3)12(16)17-4;/h10-11H,5-9,14H2,1-4H3;1H. The number of hydrogen-bond donors (Lipinski definition) is 1. The summed E-state index contributed by atoms with van der Waals surface area (Å²) >= 11 is 0. The van der Waals surface area contributed by atoms with Crippen molar-refractivity contribution in [2.24, 2.45) is 17.1 Å². The number of halogens is 1. The number of hydrogen-bond acceptors (Lipinski definition) is 4. The molecule has 4 nitrogen and oxygen atoms in total. The van der Waals surface area contributed by atoms with E-state index in [0.717, 1.165) is 26.1 Å². The second-order valence-corrected chi connectivity index (χ2v) is 5.81. The molecule has 1 heterocycles. The predicted molar refractivity (Wildman–Crippen MR) is 75.9 cm³/mol. The Hall–Kier alpha value is -0.320. The molecule has 5 heteroatoms. The molecule has 1 aliphatic rings. The highest BCUT2D eigenvalue weighted by atomic mass is 35.5. The van der Waals surface area contributed by atoms with Crippen molar-refractivity contribution in [3.8, 4) is 0 Å². The molecule has 108 valence electrons. The first-order valence-electron chi connectivity index (χ1n) is 6.43. The molecule has 1 aliphatic heterocycles. The summed E-state index contributed by atoms with van der Waals surface area (Å²) in [5, 5.41) is 0. The van der Waals surface area contributed by atoms with Gasteiger partial charge >= 0.3 is 5.97 Å². The van der Waals surface area contributed by atoms with E-state index in [0.29, 0.717) is 12.0 Å². The van der Waals surface area contributed by atoms with Crippen molar-refractivity contribution in [2.75, 3.05) is 26.7 Å². The molecule has 2 atom stereocenters. The number of esters is 1. The summed E-state index contributed by atoms with van der Waals surface area (Å²) < 4.78 is 4.82. The average molecular weight is 279 g/mol. The molecule has 2 N–H and O–H groups in total. The Bertz CT molecular complexity index is 272. The average Bonchev–Trinajstić information content (AvgIpc) is 2.66. The molecule has 1 fully saturated rings. The monoisotopic (exact) mass is 278 g/mol. The Morgan fingerprint density at radius 1 is 1.50 bits per heavy atom. The van der Waals surface area contributed by atoms with Gasteiger partial charge in [0.2, 0.25) is 0 Å². The molecule has 2 unspecified atom stereocenters. The van der Waals surface area contributed by atoms with Crippen molar-refractivity contribution in [3.63, 3.8) is 0 Å². The SMILES string of the molecule is COC(=O)C(C)(C)CCN1CC(CN)CC1C.Cl. The summed E-state index contributed by atoms with van der Waals surface area (Å²) in [5.74, 6) is 0.492. The van der Waals surface area contributed by atoms with Gasteiger partial charge in [-0.25, -0.2) is 0 Å². The topological polar surface area (TPSA) is 55.6 Å². The first-order chi connectivity index (χ1) is 7.90. The number of rotatable bonds is 5. The fraction of sp³-hybridized carbons (Fsp3) is 0.923. The summed E-state index contributed by atoms with van der Waals surface area (Å²) in [6, 6.07) is 0.581. The second-order valence-electron chi connectivity index (χ2n) is 5.81. The van der Waals surface area contributed by atoms with E-state index in [1.54, 1.807) is 0 Å². The molecular weight excluding hydrogens is 252 g/mol. The fourth-order valence-electron chi connectivity index (χ4n) is 2.50. The van der Waals surface area contributed by atoms with E-state index in [1.165, 1.54) is 13.5 Å².